The van der Waals surface area contributed by atoms with Crippen LogP contribution >= 0.6 is 11.3 Å². The fraction of sp³-hybridized carbons (Fsp3) is 0.300. The Balaban J connectivity index is 2.26. The highest BCUT2D eigenvalue weighted by atomic mass is 32.1. The average molecular weight is 208 g/mol. The Hall–Kier alpha value is -1.13. The Morgan fingerprint density at radius 1 is 1.57 bits per heavy atom. The Morgan fingerprint density at radius 3 is 3.07 bits per heavy atom. The van der Waals surface area contributed by atoms with Crippen molar-refractivity contribution in [2.75, 3.05) is 7.05 Å². The lowest BCUT2D eigenvalue weighted by Crippen LogP contribution is -2.10. The molecule has 0 aliphatic heterocycles. The highest BCUT2D eigenvalue weighted by molar-refractivity contribution is 7.15. The zero-order valence-corrected chi connectivity index (χ0v) is 8.97. The van der Waals surface area contributed by atoms with Crippen LogP contribution in [-0.2, 0) is 0 Å². The van der Waals surface area contributed by atoms with Crippen LogP contribution in [0.25, 0.3) is 10.6 Å². The molecule has 2 rings (SSSR count). The zero-order valence-electron chi connectivity index (χ0n) is 8.15. The van der Waals surface area contributed by atoms with Crippen LogP contribution in [-0.4, -0.2) is 12.0 Å². The van der Waals surface area contributed by atoms with Crippen LogP contribution in [0.2, 0.25) is 0 Å². The van der Waals surface area contributed by atoms with Crippen molar-refractivity contribution in [3.8, 4) is 10.6 Å². The summed E-state index contributed by atoms with van der Waals surface area (Å²) in [6, 6.07) is 2.28. The van der Waals surface area contributed by atoms with E-state index in [0.29, 0.717) is 6.04 Å². The van der Waals surface area contributed by atoms with Gasteiger partial charge in [0, 0.05) is 22.7 Å². The number of nitrogens with zero attached hydrogens (tertiary/aromatic N) is 1. The van der Waals surface area contributed by atoms with E-state index in [1.165, 1.54) is 4.88 Å². The van der Waals surface area contributed by atoms with Crippen molar-refractivity contribution >= 4 is 11.3 Å². The maximum Gasteiger partial charge on any atom is 0.126 e. The van der Waals surface area contributed by atoms with Gasteiger partial charge in [-0.3, -0.25) is 0 Å². The standard InChI is InChI=1S/C10H12N2OS/c1-7(11-2)9-5-12-10(14-9)8-3-4-13-6-8/h3-7,11H,1-2H3. The van der Waals surface area contributed by atoms with Crippen LogP contribution in [0.5, 0.6) is 0 Å². The van der Waals surface area contributed by atoms with Crippen LogP contribution in [0.3, 0.4) is 0 Å². The lowest BCUT2D eigenvalue weighted by Gasteiger charge is -2.04. The molecular formula is C10H12N2OS. The summed E-state index contributed by atoms with van der Waals surface area (Å²) >= 11 is 1.69. The molecule has 2 aromatic rings. The van der Waals surface area contributed by atoms with Crippen LogP contribution in [0.4, 0.5) is 0 Å². The lowest BCUT2D eigenvalue weighted by atomic mass is 10.3. The van der Waals surface area contributed by atoms with Gasteiger partial charge < -0.3 is 9.73 Å². The van der Waals surface area contributed by atoms with Crippen molar-refractivity contribution in [1.82, 2.24) is 10.3 Å². The van der Waals surface area contributed by atoms with Gasteiger partial charge in [0.25, 0.3) is 0 Å². The molecule has 0 bridgehead atoms. The number of nitrogens with one attached hydrogen (secondary N) is 1. The quantitative estimate of drug-likeness (QED) is 0.842. The Kier molecular flexibility index (Phi) is 2.65. The third kappa shape index (κ3) is 1.71. The number of furan rings is 1. The number of hydrogen-bond acceptors (Lipinski definition) is 4. The molecule has 0 radical (unpaired) electrons. The van der Waals surface area contributed by atoms with E-state index in [9.17, 15) is 0 Å². The first-order chi connectivity index (χ1) is 6.81. The van der Waals surface area contributed by atoms with Gasteiger partial charge in [0.15, 0.2) is 0 Å². The molecule has 0 spiro atoms. The SMILES string of the molecule is CNC(C)c1cnc(-c2ccoc2)s1. The van der Waals surface area contributed by atoms with E-state index in [2.05, 4.69) is 17.2 Å². The van der Waals surface area contributed by atoms with Gasteiger partial charge >= 0.3 is 0 Å². The Bertz CT molecular complexity index is 394. The second-order valence-corrected chi connectivity index (χ2v) is 4.15. The maximum absolute atomic E-state index is 5.02. The summed E-state index contributed by atoms with van der Waals surface area (Å²) in [7, 11) is 1.95. The first-order valence-electron chi connectivity index (χ1n) is 4.47. The fourth-order valence-corrected chi connectivity index (χ4v) is 2.11. The summed E-state index contributed by atoms with van der Waals surface area (Å²) in [5.41, 5.74) is 1.05. The molecule has 0 aromatic carbocycles. The van der Waals surface area contributed by atoms with Gasteiger partial charge in [-0.2, -0.15) is 0 Å². The minimum absolute atomic E-state index is 0.355. The molecule has 0 amide bonds. The molecule has 1 unspecified atom stereocenters. The van der Waals surface area contributed by atoms with E-state index >= 15 is 0 Å². The molecule has 1 atom stereocenters. The summed E-state index contributed by atoms with van der Waals surface area (Å²) in [6.07, 6.45) is 5.29. The molecule has 2 heterocycles. The number of rotatable bonds is 3. The van der Waals surface area contributed by atoms with Crippen molar-refractivity contribution < 1.29 is 4.42 Å². The van der Waals surface area contributed by atoms with Crippen molar-refractivity contribution in [2.24, 2.45) is 0 Å². The second kappa shape index (κ2) is 3.94. The normalized spacial score (nSPS) is 13.0. The van der Waals surface area contributed by atoms with E-state index in [0.717, 1.165) is 10.6 Å². The van der Waals surface area contributed by atoms with Gasteiger partial charge in [-0.15, -0.1) is 11.3 Å². The van der Waals surface area contributed by atoms with Crippen molar-refractivity contribution in [3.63, 3.8) is 0 Å². The molecule has 3 nitrogen and oxygen atoms in total. The molecule has 4 heteroatoms. The summed E-state index contributed by atoms with van der Waals surface area (Å²) in [5, 5.41) is 4.20. The third-order valence-corrected chi connectivity index (χ3v) is 3.38. The summed E-state index contributed by atoms with van der Waals surface area (Å²) in [6.45, 7) is 2.12. The van der Waals surface area contributed by atoms with E-state index in [1.54, 1.807) is 23.9 Å². The van der Waals surface area contributed by atoms with Crippen molar-refractivity contribution in [3.05, 3.63) is 29.7 Å². The van der Waals surface area contributed by atoms with Gasteiger partial charge in [-0.25, -0.2) is 4.98 Å². The third-order valence-electron chi connectivity index (χ3n) is 2.15. The molecule has 74 valence electrons. The molecule has 0 aliphatic rings. The number of hydrogen-bond donors (Lipinski definition) is 1. The van der Waals surface area contributed by atoms with Gasteiger partial charge in [0.1, 0.15) is 11.3 Å². The average Bonchev–Trinajstić information content (AvgIpc) is 2.86. The second-order valence-electron chi connectivity index (χ2n) is 3.09. The van der Waals surface area contributed by atoms with E-state index in [-0.39, 0.29) is 0 Å². The molecule has 0 saturated heterocycles. The van der Waals surface area contributed by atoms with Gasteiger partial charge in [-0.05, 0) is 20.0 Å². The lowest BCUT2D eigenvalue weighted by molar-refractivity contribution is 0.568. The summed E-state index contributed by atoms with van der Waals surface area (Å²) in [4.78, 5) is 5.59. The van der Waals surface area contributed by atoms with Gasteiger partial charge in [-0.1, -0.05) is 0 Å². The van der Waals surface area contributed by atoms with Crippen LogP contribution in [0, 0.1) is 0 Å². The summed E-state index contributed by atoms with van der Waals surface area (Å²) < 4.78 is 5.02. The van der Waals surface area contributed by atoms with Crippen LogP contribution in [0.1, 0.15) is 17.8 Å². The highest BCUT2D eigenvalue weighted by Gasteiger charge is 2.09. The minimum Gasteiger partial charge on any atom is -0.472 e. The summed E-state index contributed by atoms with van der Waals surface area (Å²) in [5.74, 6) is 0. The van der Waals surface area contributed by atoms with Crippen molar-refractivity contribution in [2.45, 2.75) is 13.0 Å². The van der Waals surface area contributed by atoms with E-state index in [4.69, 9.17) is 4.42 Å². The van der Waals surface area contributed by atoms with E-state index in [1.807, 2.05) is 19.3 Å². The Morgan fingerprint density at radius 2 is 2.43 bits per heavy atom. The number of aromatic nitrogens is 1. The zero-order chi connectivity index (χ0) is 9.97. The van der Waals surface area contributed by atoms with Gasteiger partial charge in [0.2, 0.25) is 0 Å². The number of thiazole rings is 1. The topological polar surface area (TPSA) is 38.1 Å². The molecule has 0 fully saturated rings. The smallest absolute Gasteiger partial charge is 0.126 e. The van der Waals surface area contributed by atoms with Crippen LogP contribution < -0.4 is 5.32 Å². The molecule has 2 aromatic heterocycles. The molecule has 1 N–H and O–H groups in total. The molecular weight excluding hydrogens is 196 g/mol. The predicted octanol–water partition coefficient (Wildman–Crippen LogP) is 2.68. The van der Waals surface area contributed by atoms with Gasteiger partial charge in [0.05, 0.1) is 6.26 Å². The fourth-order valence-electron chi connectivity index (χ4n) is 1.15. The molecule has 0 saturated carbocycles. The first kappa shape index (κ1) is 9.43. The largest absolute Gasteiger partial charge is 0.472 e. The minimum atomic E-state index is 0.355. The van der Waals surface area contributed by atoms with Crippen LogP contribution in [0.15, 0.2) is 29.2 Å². The Labute approximate surface area is 86.8 Å². The molecule has 14 heavy (non-hydrogen) atoms. The van der Waals surface area contributed by atoms with E-state index < -0.39 is 0 Å². The maximum atomic E-state index is 5.02. The monoisotopic (exact) mass is 208 g/mol. The first-order valence-corrected chi connectivity index (χ1v) is 5.28. The molecule has 0 aliphatic carbocycles. The van der Waals surface area contributed by atoms with Crippen molar-refractivity contribution in [1.29, 1.82) is 0 Å². The predicted molar refractivity (Wildman–Crippen MR) is 57.3 cm³/mol. The highest BCUT2D eigenvalue weighted by Crippen LogP contribution is 2.28.